The van der Waals surface area contributed by atoms with Crippen molar-refractivity contribution >= 4 is 11.0 Å². The van der Waals surface area contributed by atoms with Crippen molar-refractivity contribution in [2.75, 3.05) is 13.7 Å². The molecule has 1 aromatic carbocycles. The largest absolute Gasteiger partial charge is 0.394 e. The van der Waals surface area contributed by atoms with Gasteiger partial charge < -0.3 is 15.0 Å². The summed E-state index contributed by atoms with van der Waals surface area (Å²) in [6.45, 7) is 6.37. The molecule has 2 aromatic rings. The minimum Gasteiger partial charge on any atom is -0.394 e. The van der Waals surface area contributed by atoms with Gasteiger partial charge in [0, 0.05) is 11.6 Å². The number of para-hydroxylation sites is 2. The van der Waals surface area contributed by atoms with E-state index in [1.807, 2.05) is 39.1 Å². The van der Waals surface area contributed by atoms with E-state index in [0.717, 1.165) is 23.3 Å². The zero-order valence-corrected chi connectivity index (χ0v) is 12.1. The predicted molar refractivity (Wildman–Crippen MR) is 78.3 cm³/mol. The summed E-state index contributed by atoms with van der Waals surface area (Å²) < 4.78 is 2.25. The van der Waals surface area contributed by atoms with Crippen molar-refractivity contribution in [3.63, 3.8) is 0 Å². The van der Waals surface area contributed by atoms with Crippen molar-refractivity contribution in [1.29, 1.82) is 0 Å². The normalized spacial score (nSPS) is 16.5. The maximum Gasteiger partial charge on any atom is 0.106 e. The topological polar surface area (TPSA) is 50.1 Å². The van der Waals surface area contributed by atoms with Gasteiger partial charge in [-0.05, 0) is 46.4 Å². The van der Waals surface area contributed by atoms with Gasteiger partial charge in [0.05, 0.1) is 17.6 Å². The molecule has 0 amide bonds. The Morgan fingerprint density at radius 2 is 2.11 bits per heavy atom. The number of aliphatic hydroxyl groups excluding tert-OH is 1. The number of likely N-dealkylation sites (N-methyl/N-ethyl adjacent to an activating group) is 1. The van der Waals surface area contributed by atoms with Crippen LogP contribution in [0.15, 0.2) is 24.3 Å². The van der Waals surface area contributed by atoms with Crippen molar-refractivity contribution < 1.29 is 5.11 Å². The molecule has 19 heavy (non-hydrogen) atoms. The number of benzene rings is 1. The fraction of sp³-hybridized carbons (Fsp3) is 0.533. The Balaban J connectivity index is 2.36. The molecule has 104 valence electrons. The highest BCUT2D eigenvalue weighted by Gasteiger charge is 2.25. The monoisotopic (exact) mass is 261 g/mol. The summed E-state index contributed by atoms with van der Waals surface area (Å²) >= 11 is 0. The van der Waals surface area contributed by atoms with Crippen LogP contribution in [0.3, 0.4) is 0 Å². The highest BCUT2D eigenvalue weighted by molar-refractivity contribution is 5.76. The highest BCUT2D eigenvalue weighted by Crippen LogP contribution is 2.26. The molecule has 0 saturated heterocycles. The van der Waals surface area contributed by atoms with Crippen LogP contribution in [0.25, 0.3) is 11.0 Å². The van der Waals surface area contributed by atoms with Crippen LogP contribution in [0.4, 0.5) is 0 Å². The summed E-state index contributed by atoms with van der Waals surface area (Å²) in [6, 6.07) is 8.46. The molecule has 2 atom stereocenters. The molecular weight excluding hydrogens is 238 g/mol. The predicted octanol–water partition coefficient (Wildman–Crippen LogP) is 2.27. The second-order valence-electron chi connectivity index (χ2n) is 5.54. The Morgan fingerprint density at radius 1 is 1.42 bits per heavy atom. The lowest BCUT2D eigenvalue weighted by atomic mass is 9.94. The van der Waals surface area contributed by atoms with Crippen LogP contribution < -0.4 is 5.32 Å². The molecule has 0 saturated carbocycles. The number of aliphatic hydroxyl groups is 1. The molecular formula is C15H23N3O. The minimum atomic E-state index is -0.267. The first-order valence-corrected chi connectivity index (χ1v) is 6.74. The van der Waals surface area contributed by atoms with Gasteiger partial charge in [-0.25, -0.2) is 4.98 Å². The molecule has 0 aliphatic carbocycles. The van der Waals surface area contributed by atoms with Gasteiger partial charge in [-0.2, -0.15) is 0 Å². The third-order valence-corrected chi connectivity index (χ3v) is 3.91. The standard InChI is InChI=1S/C15H23N3O/c1-11(9-15(3,10-19)16-4)18-12(2)17-13-7-5-6-8-14(13)18/h5-8,11,16,19H,9-10H2,1-4H3. The van der Waals surface area contributed by atoms with E-state index in [4.69, 9.17) is 0 Å². The van der Waals surface area contributed by atoms with Crippen molar-refractivity contribution in [3.8, 4) is 0 Å². The van der Waals surface area contributed by atoms with E-state index < -0.39 is 0 Å². The van der Waals surface area contributed by atoms with Crippen molar-refractivity contribution in [2.24, 2.45) is 0 Å². The maximum absolute atomic E-state index is 9.53. The number of fused-ring (bicyclic) bond motifs is 1. The van der Waals surface area contributed by atoms with E-state index in [1.165, 1.54) is 0 Å². The van der Waals surface area contributed by atoms with E-state index in [2.05, 4.69) is 27.9 Å². The van der Waals surface area contributed by atoms with E-state index in [9.17, 15) is 5.11 Å². The van der Waals surface area contributed by atoms with Crippen molar-refractivity contribution in [3.05, 3.63) is 30.1 Å². The minimum absolute atomic E-state index is 0.125. The molecule has 0 bridgehead atoms. The van der Waals surface area contributed by atoms with Gasteiger partial charge in [0.25, 0.3) is 0 Å². The average molecular weight is 261 g/mol. The van der Waals surface area contributed by atoms with Crippen LogP contribution >= 0.6 is 0 Å². The Kier molecular flexibility index (Phi) is 3.92. The summed E-state index contributed by atoms with van der Waals surface area (Å²) in [5.41, 5.74) is 1.92. The zero-order valence-electron chi connectivity index (χ0n) is 12.1. The van der Waals surface area contributed by atoms with Gasteiger partial charge in [-0.1, -0.05) is 12.1 Å². The smallest absolute Gasteiger partial charge is 0.106 e. The summed E-state index contributed by atoms with van der Waals surface area (Å²) in [4.78, 5) is 4.60. The molecule has 0 spiro atoms. The van der Waals surface area contributed by atoms with Gasteiger partial charge in [-0.15, -0.1) is 0 Å². The fourth-order valence-electron chi connectivity index (χ4n) is 2.71. The Bertz CT molecular complexity index is 558. The lowest BCUT2D eigenvalue weighted by Gasteiger charge is -2.31. The molecule has 1 aromatic heterocycles. The van der Waals surface area contributed by atoms with E-state index in [1.54, 1.807) is 0 Å². The SMILES string of the molecule is CNC(C)(CO)CC(C)n1c(C)nc2ccccc21. The Labute approximate surface area is 114 Å². The number of hydrogen-bond acceptors (Lipinski definition) is 3. The molecule has 2 rings (SSSR count). The molecule has 2 N–H and O–H groups in total. The third kappa shape index (κ3) is 2.65. The van der Waals surface area contributed by atoms with Crippen LogP contribution in [-0.2, 0) is 0 Å². The number of hydrogen-bond donors (Lipinski definition) is 2. The van der Waals surface area contributed by atoms with Gasteiger partial charge in [0.15, 0.2) is 0 Å². The molecule has 0 radical (unpaired) electrons. The fourth-order valence-corrected chi connectivity index (χ4v) is 2.71. The lowest BCUT2D eigenvalue weighted by molar-refractivity contribution is 0.159. The van der Waals surface area contributed by atoms with Crippen LogP contribution in [0.5, 0.6) is 0 Å². The van der Waals surface area contributed by atoms with Crippen molar-refractivity contribution in [2.45, 2.75) is 38.8 Å². The zero-order chi connectivity index (χ0) is 14.0. The van der Waals surface area contributed by atoms with Crippen LogP contribution in [0.2, 0.25) is 0 Å². The number of aromatic nitrogens is 2. The number of nitrogens with one attached hydrogen (secondary N) is 1. The van der Waals surface area contributed by atoms with Crippen LogP contribution in [0, 0.1) is 6.92 Å². The highest BCUT2D eigenvalue weighted by atomic mass is 16.3. The quantitative estimate of drug-likeness (QED) is 0.868. The molecule has 0 fully saturated rings. The first kappa shape index (κ1) is 14.0. The van der Waals surface area contributed by atoms with Gasteiger partial charge in [0.1, 0.15) is 5.82 Å². The molecule has 0 aliphatic rings. The number of nitrogens with zero attached hydrogens (tertiary/aromatic N) is 2. The Hall–Kier alpha value is -1.39. The van der Waals surface area contributed by atoms with Crippen LogP contribution in [0.1, 0.15) is 32.1 Å². The second kappa shape index (κ2) is 5.31. The molecule has 2 unspecified atom stereocenters. The summed E-state index contributed by atoms with van der Waals surface area (Å²) in [5.74, 6) is 1.02. The summed E-state index contributed by atoms with van der Waals surface area (Å²) in [7, 11) is 1.89. The van der Waals surface area contributed by atoms with Gasteiger partial charge >= 0.3 is 0 Å². The molecule has 4 nitrogen and oxygen atoms in total. The van der Waals surface area contributed by atoms with E-state index in [0.29, 0.717) is 0 Å². The second-order valence-corrected chi connectivity index (χ2v) is 5.54. The maximum atomic E-state index is 9.53. The summed E-state index contributed by atoms with van der Waals surface area (Å²) in [6.07, 6.45) is 0.848. The Morgan fingerprint density at radius 3 is 2.74 bits per heavy atom. The molecule has 0 aliphatic heterocycles. The lowest BCUT2D eigenvalue weighted by Crippen LogP contribution is -2.45. The van der Waals surface area contributed by atoms with E-state index in [-0.39, 0.29) is 18.2 Å². The average Bonchev–Trinajstić information content (AvgIpc) is 2.74. The van der Waals surface area contributed by atoms with Gasteiger partial charge in [-0.3, -0.25) is 0 Å². The van der Waals surface area contributed by atoms with Crippen LogP contribution in [-0.4, -0.2) is 33.9 Å². The number of aryl methyl sites for hydroxylation is 1. The first-order valence-electron chi connectivity index (χ1n) is 6.74. The molecule has 1 heterocycles. The third-order valence-electron chi connectivity index (χ3n) is 3.91. The number of imidazole rings is 1. The summed E-state index contributed by atoms with van der Waals surface area (Å²) in [5, 5.41) is 12.7. The molecule has 4 heteroatoms. The number of rotatable bonds is 5. The van der Waals surface area contributed by atoms with Gasteiger partial charge in [0.2, 0.25) is 0 Å². The first-order chi connectivity index (χ1) is 9.00. The van der Waals surface area contributed by atoms with E-state index >= 15 is 0 Å². The van der Waals surface area contributed by atoms with Crippen molar-refractivity contribution in [1.82, 2.24) is 14.9 Å².